The summed E-state index contributed by atoms with van der Waals surface area (Å²) in [4.78, 5) is 12.9. The van der Waals surface area contributed by atoms with Gasteiger partial charge in [-0.3, -0.25) is 5.09 Å². The first-order valence-corrected chi connectivity index (χ1v) is 18.5. The highest BCUT2D eigenvalue weighted by molar-refractivity contribution is 7.50. The van der Waals surface area contributed by atoms with Crippen LogP contribution in [0.2, 0.25) is 0 Å². The Hall–Kier alpha value is -5.50. The Balaban J connectivity index is 1.42. The molecule has 1 N–H and O–H groups in total. The molecule has 0 aliphatic carbocycles. The van der Waals surface area contributed by atoms with Crippen LogP contribution in [0.15, 0.2) is 81.2 Å². The van der Waals surface area contributed by atoms with Crippen LogP contribution in [0.3, 0.4) is 0 Å². The lowest BCUT2D eigenvalue weighted by molar-refractivity contribution is 0.0738. The Morgan fingerprint density at radius 3 is 1.54 bits per heavy atom. The summed E-state index contributed by atoms with van der Waals surface area (Å²) in [6.07, 6.45) is 0. The van der Waals surface area contributed by atoms with E-state index in [0.29, 0.717) is 68.0 Å². The molecule has 268 valence electrons. The number of nitrogens with one attached hydrogen (secondary N) is 1. The zero-order valence-electron chi connectivity index (χ0n) is 29.9. The molecule has 0 spiro atoms. The molecule has 1 aromatic heterocycles. The number of hydrogen-bond donors (Lipinski definition) is 1. The van der Waals surface area contributed by atoms with Gasteiger partial charge in [-0.2, -0.15) is 0 Å². The Morgan fingerprint density at radius 1 is 0.558 bits per heavy atom. The first-order valence-electron chi connectivity index (χ1n) is 16.3. The minimum Gasteiger partial charge on any atom is -0.497 e. The monoisotopic (exact) mass is 741 g/mol. The highest BCUT2D eigenvalue weighted by Gasteiger charge is 2.31. The molecule has 1 aliphatic rings. The number of benzene rings is 5. The van der Waals surface area contributed by atoms with Gasteiger partial charge in [0, 0.05) is 21.9 Å². The molecule has 1 unspecified atom stereocenters. The number of carbonyl (C=O) groups excluding carboxylic acids is 1. The second-order valence-electron chi connectivity index (χ2n) is 12.2. The summed E-state index contributed by atoms with van der Waals surface area (Å²) < 4.78 is 55.1. The predicted molar refractivity (Wildman–Crippen MR) is 202 cm³/mol. The molecule has 6 aromatic rings. The molecule has 0 amide bonds. The van der Waals surface area contributed by atoms with Crippen LogP contribution in [0, 0.1) is 27.7 Å². The lowest BCUT2D eigenvalue weighted by Crippen LogP contribution is -2.16. The largest absolute Gasteiger partial charge is 0.497 e. The maximum absolute atomic E-state index is 12.9. The Morgan fingerprint density at radius 2 is 1.02 bits per heavy atom. The molecule has 13 heteroatoms. The fourth-order valence-electron chi connectivity index (χ4n) is 6.13. The summed E-state index contributed by atoms with van der Waals surface area (Å²) in [5.74, 6) is 2.99. The Labute approximate surface area is 302 Å². The van der Waals surface area contributed by atoms with Gasteiger partial charge in [-0.25, -0.2) is 4.79 Å². The van der Waals surface area contributed by atoms with Crippen LogP contribution in [0.5, 0.6) is 34.5 Å². The molecule has 5 aromatic carbocycles. The van der Waals surface area contributed by atoms with Crippen LogP contribution >= 0.6 is 16.8 Å². The van der Waals surface area contributed by atoms with E-state index in [1.54, 1.807) is 40.6 Å². The van der Waals surface area contributed by atoms with Crippen molar-refractivity contribution in [2.75, 3.05) is 33.5 Å². The van der Waals surface area contributed by atoms with Crippen LogP contribution in [-0.4, -0.2) is 34.4 Å². The standard InChI is InChI=1S/C39H37NO10P2/c1-21-13-25(42-5)17-30(35(21)46-51-40-34-12-10-9-11-29(34)39(41)50-51)31-18-26(43-6)14-22(2)36(31)47-52-48-37-23(3)15-27(44-7)19-32(37)33-20-28(45-8)16-24(4)38(33)49-52/h9-20,40H,1-8H3. The van der Waals surface area contributed by atoms with Crippen LogP contribution in [0.25, 0.3) is 33.1 Å². The molecule has 0 fully saturated rings. The molecule has 0 saturated heterocycles. The summed E-state index contributed by atoms with van der Waals surface area (Å²) in [6, 6.07) is 22.2. The van der Waals surface area contributed by atoms with E-state index in [2.05, 4.69) is 5.09 Å². The summed E-state index contributed by atoms with van der Waals surface area (Å²) in [7, 11) is 2.45. The fourth-order valence-corrected chi connectivity index (χ4v) is 8.59. The van der Waals surface area contributed by atoms with E-state index in [4.69, 9.17) is 40.9 Å². The maximum Gasteiger partial charge on any atom is 0.453 e. The third-order valence-electron chi connectivity index (χ3n) is 8.71. The number of hydrogen-bond acceptors (Lipinski definition) is 11. The number of anilines is 1. The number of methoxy groups -OCH3 is 4. The van der Waals surface area contributed by atoms with Gasteiger partial charge >= 0.3 is 22.7 Å². The SMILES string of the molecule is COc1cc(C)c(OP2Nc3ccccc3C(=O)O2)c(-c2cc(OC)cc(C)c2Op2oc3c(C)cc(OC)cc3c3cc(OC)cc(C)c3o2)c1. The normalized spacial score (nSPS) is 13.5. The van der Waals surface area contributed by atoms with Crippen molar-refractivity contribution in [3.05, 3.63) is 101 Å². The second-order valence-corrected chi connectivity index (χ2v) is 14.3. The van der Waals surface area contributed by atoms with Gasteiger partial charge < -0.3 is 40.9 Å². The fraction of sp³-hybridized carbons (Fsp3) is 0.205. The molecule has 2 heterocycles. The summed E-state index contributed by atoms with van der Waals surface area (Å²) in [6.45, 7) is 7.72. The topological polar surface area (TPSA) is 120 Å². The average molecular weight is 742 g/mol. The molecular formula is C39H37NO10P2. The van der Waals surface area contributed by atoms with Crippen molar-refractivity contribution < 1.29 is 45.7 Å². The van der Waals surface area contributed by atoms with Crippen molar-refractivity contribution in [3.8, 4) is 45.6 Å². The minimum atomic E-state index is -2.10. The third kappa shape index (κ3) is 6.54. The smallest absolute Gasteiger partial charge is 0.453 e. The van der Waals surface area contributed by atoms with Gasteiger partial charge in [-0.05, 0) is 111 Å². The van der Waals surface area contributed by atoms with Gasteiger partial charge in [0.05, 0.1) is 39.7 Å². The van der Waals surface area contributed by atoms with E-state index in [1.165, 1.54) is 0 Å². The molecule has 1 atom stereocenters. The van der Waals surface area contributed by atoms with Crippen molar-refractivity contribution in [1.29, 1.82) is 0 Å². The van der Waals surface area contributed by atoms with Crippen molar-refractivity contribution >= 4 is 50.4 Å². The van der Waals surface area contributed by atoms with E-state index < -0.39 is 22.7 Å². The van der Waals surface area contributed by atoms with Gasteiger partial charge in [0.25, 0.3) is 0 Å². The molecule has 0 bridgehead atoms. The molecule has 1 aliphatic heterocycles. The van der Waals surface area contributed by atoms with Gasteiger partial charge in [0.15, 0.2) is 0 Å². The Kier molecular flexibility index (Phi) is 9.58. The van der Waals surface area contributed by atoms with E-state index in [-0.39, 0.29) is 0 Å². The zero-order chi connectivity index (χ0) is 36.7. The van der Waals surface area contributed by atoms with Crippen molar-refractivity contribution in [2.45, 2.75) is 27.7 Å². The molecule has 0 radical (unpaired) electrons. The van der Waals surface area contributed by atoms with Crippen molar-refractivity contribution in [2.24, 2.45) is 0 Å². The predicted octanol–water partition coefficient (Wildman–Crippen LogP) is 11.0. The summed E-state index contributed by atoms with van der Waals surface area (Å²) in [5.41, 5.74) is 6.66. The third-order valence-corrected chi connectivity index (χ3v) is 10.8. The van der Waals surface area contributed by atoms with Gasteiger partial charge in [-0.1, -0.05) is 12.1 Å². The van der Waals surface area contributed by atoms with Crippen LogP contribution in [-0.2, 0) is 4.52 Å². The number of para-hydroxylation sites is 1. The average Bonchev–Trinajstić information content (AvgIpc) is 3.30. The van der Waals surface area contributed by atoms with E-state index in [0.717, 1.165) is 33.0 Å². The van der Waals surface area contributed by atoms with Crippen LogP contribution < -0.4 is 33.1 Å². The maximum atomic E-state index is 12.9. The van der Waals surface area contributed by atoms with Crippen LogP contribution in [0.1, 0.15) is 32.6 Å². The molecule has 7 rings (SSSR count). The van der Waals surface area contributed by atoms with Crippen LogP contribution in [0.4, 0.5) is 5.69 Å². The highest BCUT2D eigenvalue weighted by Crippen LogP contribution is 2.53. The first-order chi connectivity index (χ1) is 25.1. The molecule has 11 nitrogen and oxygen atoms in total. The van der Waals surface area contributed by atoms with E-state index in [9.17, 15) is 4.79 Å². The Bertz CT molecular complexity index is 2340. The van der Waals surface area contributed by atoms with E-state index in [1.807, 2.05) is 88.4 Å². The lowest BCUT2D eigenvalue weighted by atomic mass is 9.98. The quantitative estimate of drug-likeness (QED) is 0.143. The molecular weight excluding hydrogens is 704 g/mol. The number of aryl methyl sites for hydroxylation is 4. The van der Waals surface area contributed by atoms with E-state index >= 15 is 0 Å². The number of carbonyl (C=O) groups is 1. The number of ether oxygens (including phenoxy) is 4. The number of rotatable bonds is 9. The van der Waals surface area contributed by atoms with Crippen molar-refractivity contribution in [1.82, 2.24) is 0 Å². The number of fused-ring (bicyclic) bond motifs is 4. The zero-order valence-corrected chi connectivity index (χ0v) is 31.7. The molecule has 0 saturated carbocycles. The lowest BCUT2D eigenvalue weighted by Gasteiger charge is -2.26. The van der Waals surface area contributed by atoms with Gasteiger partial charge in [-0.15, -0.1) is 0 Å². The first kappa shape index (κ1) is 34.9. The van der Waals surface area contributed by atoms with Gasteiger partial charge in [0.1, 0.15) is 45.7 Å². The summed E-state index contributed by atoms with van der Waals surface area (Å²) in [5, 5.41) is 4.80. The minimum absolute atomic E-state index is 0.437. The second kappa shape index (κ2) is 14.3. The highest BCUT2D eigenvalue weighted by atomic mass is 31.2. The van der Waals surface area contributed by atoms with Gasteiger partial charge in [0.2, 0.25) is 0 Å². The molecule has 52 heavy (non-hydrogen) atoms. The van der Waals surface area contributed by atoms with Crippen molar-refractivity contribution in [3.63, 3.8) is 0 Å². The summed E-state index contributed by atoms with van der Waals surface area (Å²) >= 11 is 0.